The molecule has 31 heavy (non-hydrogen) atoms. The normalized spacial score (nSPS) is 17.7. The van der Waals surface area contributed by atoms with Crippen LogP contribution in [-0.2, 0) is 19.3 Å². The molecule has 4 heteroatoms. The van der Waals surface area contributed by atoms with E-state index < -0.39 is 5.97 Å². The summed E-state index contributed by atoms with van der Waals surface area (Å²) in [7, 11) is 0. The fourth-order valence-corrected chi connectivity index (χ4v) is 5.34. The molecule has 1 aromatic heterocycles. The highest BCUT2D eigenvalue weighted by Gasteiger charge is 2.24. The molecule has 1 unspecified atom stereocenters. The van der Waals surface area contributed by atoms with E-state index in [1.54, 1.807) is 18.5 Å². The number of carboxylic acids is 1. The maximum Gasteiger partial charge on any atom is 0.336 e. The number of carbonyl (C=O) groups is 1. The molecule has 0 amide bonds. The number of hydrogen-bond donors (Lipinski definition) is 1. The van der Waals surface area contributed by atoms with Crippen LogP contribution in [0.4, 0.5) is 11.4 Å². The Morgan fingerprint density at radius 3 is 2.84 bits per heavy atom. The molecule has 0 bridgehead atoms. The van der Waals surface area contributed by atoms with Crippen LogP contribution >= 0.6 is 0 Å². The molecule has 4 nitrogen and oxygen atoms in total. The van der Waals surface area contributed by atoms with Gasteiger partial charge in [0.1, 0.15) is 0 Å². The smallest absolute Gasteiger partial charge is 0.336 e. The molecule has 0 fully saturated rings. The van der Waals surface area contributed by atoms with Crippen LogP contribution in [-0.4, -0.2) is 22.6 Å². The van der Waals surface area contributed by atoms with Gasteiger partial charge in [0.25, 0.3) is 0 Å². The lowest BCUT2D eigenvalue weighted by atomic mass is 9.79. The number of pyridine rings is 1. The van der Waals surface area contributed by atoms with Gasteiger partial charge < -0.3 is 10.0 Å². The first-order valence-electron chi connectivity index (χ1n) is 11.3. The van der Waals surface area contributed by atoms with Crippen molar-refractivity contribution in [2.75, 3.05) is 11.4 Å². The third-order valence-electron chi connectivity index (χ3n) is 6.88. The van der Waals surface area contributed by atoms with Crippen molar-refractivity contribution in [1.29, 1.82) is 0 Å². The van der Waals surface area contributed by atoms with Crippen LogP contribution in [0.25, 0.3) is 0 Å². The number of aromatic nitrogens is 1. The summed E-state index contributed by atoms with van der Waals surface area (Å²) >= 11 is 0. The minimum absolute atomic E-state index is 0.380. The summed E-state index contributed by atoms with van der Waals surface area (Å²) in [6, 6.07) is 17.4. The Morgan fingerprint density at radius 1 is 1.06 bits per heavy atom. The summed E-state index contributed by atoms with van der Waals surface area (Å²) in [5.41, 5.74) is 8.21. The van der Waals surface area contributed by atoms with E-state index in [9.17, 15) is 9.90 Å². The third-order valence-corrected chi connectivity index (χ3v) is 6.88. The zero-order chi connectivity index (χ0) is 21.2. The van der Waals surface area contributed by atoms with E-state index in [2.05, 4.69) is 52.3 Å². The lowest BCUT2D eigenvalue weighted by Crippen LogP contribution is -2.24. The van der Waals surface area contributed by atoms with Crippen molar-refractivity contribution in [3.05, 3.63) is 88.7 Å². The van der Waals surface area contributed by atoms with Gasteiger partial charge in [0.15, 0.2) is 0 Å². The first-order chi connectivity index (χ1) is 15.2. The molecule has 0 spiro atoms. The van der Waals surface area contributed by atoms with E-state index in [-0.39, 0.29) is 0 Å². The van der Waals surface area contributed by atoms with Crippen LogP contribution in [0.2, 0.25) is 0 Å². The fourth-order valence-electron chi connectivity index (χ4n) is 5.34. The van der Waals surface area contributed by atoms with Crippen molar-refractivity contribution >= 4 is 17.3 Å². The Labute approximate surface area is 183 Å². The summed E-state index contributed by atoms with van der Waals surface area (Å²) in [6.07, 6.45) is 10.8. The number of hydrogen-bond acceptors (Lipinski definition) is 3. The number of nitrogens with zero attached hydrogens (tertiary/aromatic N) is 2. The monoisotopic (exact) mass is 412 g/mol. The van der Waals surface area contributed by atoms with Crippen molar-refractivity contribution in [3.8, 4) is 0 Å². The van der Waals surface area contributed by atoms with Crippen molar-refractivity contribution < 1.29 is 9.90 Å². The van der Waals surface area contributed by atoms with E-state index in [1.807, 2.05) is 0 Å². The molecule has 1 aliphatic carbocycles. The zero-order valence-corrected chi connectivity index (χ0v) is 17.8. The minimum atomic E-state index is -0.868. The first-order valence-corrected chi connectivity index (χ1v) is 11.3. The number of fused-ring (bicyclic) bond motifs is 2. The highest BCUT2D eigenvalue weighted by atomic mass is 16.4. The van der Waals surface area contributed by atoms with Gasteiger partial charge in [0, 0.05) is 30.3 Å². The molecule has 0 saturated heterocycles. The number of rotatable bonds is 5. The number of aromatic carboxylic acids is 1. The van der Waals surface area contributed by atoms with E-state index in [0.717, 1.165) is 37.8 Å². The maximum atomic E-state index is 11.5. The summed E-state index contributed by atoms with van der Waals surface area (Å²) in [5, 5.41) is 9.45. The molecule has 5 rings (SSSR count). The zero-order valence-electron chi connectivity index (χ0n) is 17.8. The summed E-state index contributed by atoms with van der Waals surface area (Å²) in [6.45, 7) is 1.07. The summed E-state index contributed by atoms with van der Waals surface area (Å²) < 4.78 is 0. The number of anilines is 2. The van der Waals surface area contributed by atoms with Gasteiger partial charge in [0.05, 0.1) is 5.56 Å². The molecule has 1 atom stereocenters. The van der Waals surface area contributed by atoms with Gasteiger partial charge >= 0.3 is 5.97 Å². The third kappa shape index (κ3) is 3.95. The molecular weight excluding hydrogens is 384 g/mol. The number of para-hydroxylation sites is 1. The first kappa shape index (κ1) is 19.8. The maximum absolute atomic E-state index is 11.5. The Bertz CT molecular complexity index is 1110. The molecule has 2 aliphatic rings. The second-order valence-corrected chi connectivity index (χ2v) is 8.73. The standard InChI is InChI=1S/C27H28N2O2/c30-27(31)25-14-15-28-18-22(25)11-10-19-6-3-7-21-17-23(12-13-24(19)21)29-16-4-8-20-5-1-2-9-26(20)29/h1-2,5,9,12-15,17-19H,3-4,6-8,10-11,16H2,(H,30,31). The van der Waals surface area contributed by atoms with Crippen molar-refractivity contribution in [1.82, 2.24) is 4.98 Å². The molecule has 2 aromatic carbocycles. The average molecular weight is 413 g/mol. The van der Waals surface area contributed by atoms with Crippen LogP contribution in [0.5, 0.6) is 0 Å². The van der Waals surface area contributed by atoms with Crippen molar-refractivity contribution in [2.24, 2.45) is 0 Å². The lowest BCUT2D eigenvalue weighted by molar-refractivity contribution is 0.0695. The van der Waals surface area contributed by atoms with Gasteiger partial charge in [-0.3, -0.25) is 4.98 Å². The summed E-state index contributed by atoms with van der Waals surface area (Å²) in [5.74, 6) is -0.388. The SMILES string of the molecule is O=C(O)c1ccncc1CCC1CCCc2cc(N3CCCc4ccccc43)ccc21. The topological polar surface area (TPSA) is 53.4 Å². The Morgan fingerprint density at radius 2 is 1.94 bits per heavy atom. The molecule has 1 aliphatic heterocycles. The second kappa shape index (κ2) is 8.54. The fraction of sp³-hybridized carbons (Fsp3) is 0.333. The quantitative estimate of drug-likeness (QED) is 0.565. The van der Waals surface area contributed by atoms with Crippen LogP contribution in [0.15, 0.2) is 60.9 Å². The molecule has 2 heterocycles. The van der Waals surface area contributed by atoms with Gasteiger partial charge in [-0.1, -0.05) is 24.3 Å². The van der Waals surface area contributed by atoms with Gasteiger partial charge in [-0.25, -0.2) is 4.79 Å². The highest BCUT2D eigenvalue weighted by molar-refractivity contribution is 5.89. The van der Waals surface area contributed by atoms with Gasteiger partial charge in [-0.2, -0.15) is 0 Å². The van der Waals surface area contributed by atoms with Gasteiger partial charge in [-0.05, 0) is 97.4 Å². The van der Waals surface area contributed by atoms with Crippen molar-refractivity contribution in [3.63, 3.8) is 0 Å². The van der Waals surface area contributed by atoms with Crippen molar-refractivity contribution in [2.45, 2.75) is 50.9 Å². The van der Waals surface area contributed by atoms with Gasteiger partial charge in [0.2, 0.25) is 0 Å². The Balaban J connectivity index is 1.38. The van der Waals surface area contributed by atoms with Crippen LogP contribution in [0.1, 0.15) is 64.2 Å². The van der Waals surface area contributed by atoms with Crippen LogP contribution < -0.4 is 4.90 Å². The highest BCUT2D eigenvalue weighted by Crippen LogP contribution is 2.39. The lowest BCUT2D eigenvalue weighted by Gasteiger charge is -2.33. The van der Waals surface area contributed by atoms with E-state index in [0.29, 0.717) is 11.5 Å². The molecule has 158 valence electrons. The number of aryl methyl sites for hydroxylation is 3. The molecule has 0 radical (unpaired) electrons. The second-order valence-electron chi connectivity index (χ2n) is 8.73. The Kier molecular flexibility index (Phi) is 5.46. The molecule has 1 N–H and O–H groups in total. The van der Waals surface area contributed by atoms with E-state index in [1.165, 1.54) is 47.3 Å². The van der Waals surface area contributed by atoms with Crippen LogP contribution in [0, 0.1) is 0 Å². The molecule has 3 aromatic rings. The molecular formula is C27H28N2O2. The predicted octanol–water partition coefficient (Wildman–Crippen LogP) is 5.92. The molecule has 0 saturated carbocycles. The van der Waals surface area contributed by atoms with E-state index >= 15 is 0 Å². The average Bonchev–Trinajstić information content (AvgIpc) is 2.82. The summed E-state index contributed by atoms with van der Waals surface area (Å²) in [4.78, 5) is 18.1. The van der Waals surface area contributed by atoms with Gasteiger partial charge in [-0.15, -0.1) is 0 Å². The number of benzene rings is 2. The predicted molar refractivity (Wildman–Crippen MR) is 123 cm³/mol. The van der Waals surface area contributed by atoms with E-state index in [4.69, 9.17) is 0 Å². The number of carboxylic acid groups (broad SMARTS) is 1. The van der Waals surface area contributed by atoms with Crippen LogP contribution in [0.3, 0.4) is 0 Å². The Hall–Kier alpha value is -3.14. The minimum Gasteiger partial charge on any atom is -0.478 e. The largest absolute Gasteiger partial charge is 0.478 e.